The number of nitrogens with zero attached hydrogens (tertiary/aromatic N) is 5. The van der Waals surface area contributed by atoms with Crippen molar-refractivity contribution in [3.8, 4) is 5.69 Å². The first-order valence-electron chi connectivity index (χ1n) is 9.58. The fourth-order valence-corrected chi connectivity index (χ4v) is 3.06. The Kier molecular flexibility index (Phi) is 6.98. The summed E-state index contributed by atoms with van der Waals surface area (Å²) < 4.78 is 6.79. The van der Waals surface area contributed by atoms with Crippen molar-refractivity contribution in [2.45, 2.75) is 45.4 Å². The van der Waals surface area contributed by atoms with Crippen molar-refractivity contribution in [2.24, 2.45) is 0 Å². The zero-order chi connectivity index (χ0) is 22.6. The maximum atomic E-state index is 12.7. The number of hydroxylamine groups is 2. The van der Waals surface area contributed by atoms with Gasteiger partial charge in [-0.2, -0.15) is 0 Å². The molecule has 0 saturated carbocycles. The molecule has 1 aromatic heterocycles. The van der Waals surface area contributed by atoms with Gasteiger partial charge in [0.25, 0.3) is 0 Å². The maximum absolute atomic E-state index is 12.7. The van der Waals surface area contributed by atoms with Crippen LogP contribution in [0.3, 0.4) is 0 Å². The third-order valence-electron chi connectivity index (χ3n) is 4.37. The van der Waals surface area contributed by atoms with E-state index in [9.17, 15) is 14.4 Å². The summed E-state index contributed by atoms with van der Waals surface area (Å²) >= 11 is 6.09. The Labute approximate surface area is 183 Å². The van der Waals surface area contributed by atoms with Gasteiger partial charge in [-0.25, -0.2) is 9.75 Å². The smallest absolute Gasteiger partial charge is 0.316 e. The summed E-state index contributed by atoms with van der Waals surface area (Å²) in [7, 11) is 0. The van der Waals surface area contributed by atoms with E-state index < -0.39 is 35.8 Å². The molecule has 2 amide bonds. The first-order valence-corrected chi connectivity index (χ1v) is 9.96. The van der Waals surface area contributed by atoms with E-state index in [4.69, 9.17) is 21.2 Å². The van der Waals surface area contributed by atoms with Crippen molar-refractivity contribution < 1.29 is 24.0 Å². The van der Waals surface area contributed by atoms with Gasteiger partial charge < -0.3 is 10.1 Å². The number of nitrogens with one attached hydrogen (secondary N) is 1. The van der Waals surface area contributed by atoms with Crippen LogP contribution in [0.1, 0.15) is 32.8 Å². The Morgan fingerprint density at radius 2 is 2.10 bits per heavy atom. The van der Waals surface area contributed by atoms with Crippen LogP contribution < -0.4 is 5.32 Å². The monoisotopic (exact) mass is 450 g/mol. The number of aromatic nitrogens is 4. The Morgan fingerprint density at radius 1 is 1.32 bits per heavy atom. The van der Waals surface area contributed by atoms with E-state index in [1.165, 1.54) is 11.0 Å². The predicted octanol–water partition coefficient (Wildman–Crippen LogP) is 0.849. The van der Waals surface area contributed by atoms with E-state index in [-0.39, 0.29) is 19.6 Å². The lowest BCUT2D eigenvalue weighted by Crippen LogP contribution is -2.48. The summed E-state index contributed by atoms with van der Waals surface area (Å²) in [5.41, 5.74) is 0.728. The van der Waals surface area contributed by atoms with E-state index in [1.54, 1.807) is 39.0 Å². The van der Waals surface area contributed by atoms with Gasteiger partial charge in [0.05, 0.1) is 17.9 Å². The zero-order valence-corrected chi connectivity index (χ0v) is 18.1. The van der Waals surface area contributed by atoms with E-state index >= 15 is 0 Å². The molecule has 1 fully saturated rings. The quantitative estimate of drug-likeness (QED) is 0.614. The topological polar surface area (TPSA) is 129 Å². The Balaban J connectivity index is 1.65. The van der Waals surface area contributed by atoms with Gasteiger partial charge in [0, 0.05) is 18.0 Å². The van der Waals surface area contributed by atoms with Crippen LogP contribution in [0.15, 0.2) is 24.5 Å². The minimum atomic E-state index is -0.929. The van der Waals surface area contributed by atoms with Gasteiger partial charge in [-0.1, -0.05) is 11.6 Å². The third-order valence-corrected chi connectivity index (χ3v) is 4.61. The second kappa shape index (κ2) is 9.50. The number of rotatable bonds is 7. The van der Waals surface area contributed by atoms with Crippen LogP contribution in [0.2, 0.25) is 5.02 Å². The maximum Gasteiger partial charge on any atom is 0.316 e. The molecular weight excluding hydrogens is 428 g/mol. The Morgan fingerprint density at radius 3 is 2.77 bits per heavy atom. The highest BCUT2D eigenvalue weighted by molar-refractivity contribution is 6.36. The fourth-order valence-electron chi connectivity index (χ4n) is 2.87. The largest absolute Gasteiger partial charge is 0.368 e. The normalized spacial score (nSPS) is 16.4. The van der Waals surface area contributed by atoms with Gasteiger partial charge in [-0.15, -0.1) is 5.10 Å². The lowest BCUT2D eigenvalue weighted by Gasteiger charge is -2.23. The molecule has 11 nitrogen and oxygen atoms in total. The van der Waals surface area contributed by atoms with E-state index in [1.807, 2.05) is 0 Å². The molecule has 1 saturated heterocycles. The summed E-state index contributed by atoms with van der Waals surface area (Å²) in [6.07, 6.45) is 1.69. The molecule has 0 spiro atoms. The molecule has 12 heteroatoms. The van der Waals surface area contributed by atoms with E-state index in [0.717, 1.165) is 5.06 Å². The number of Topliss-reactive ketones (excluding diaryl/α,β-unsaturated/α-hetero) is 1. The van der Waals surface area contributed by atoms with Gasteiger partial charge in [0.1, 0.15) is 19.0 Å². The van der Waals surface area contributed by atoms with Crippen molar-refractivity contribution in [3.05, 3.63) is 35.1 Å². The lowest BCUT2D eigenvalue weighted by atomic mass is 10.1. The number of hydrogen-bond acceptors (Lipinski definition) is 8. The SMILES string of the molecule is CC(C)(C)OCC(=O)C(=O)N1OCC[C@H]1C(=O)NCc1cc(Cl)ccc1-n1cnnn1. The summed E-state index contributed by atoms with van der Waals surface area (Å²) in [5, 5.41) is 15.1. The van der Waals surface area contributed by atoms with Gasteiger partial charge in [-0.05, 0) is 55.0 Å². The van der Waals surface area contributed by atoms with Crippen molar-refractivity contribution in [2.75, 3.05) is 13.2 Å². The summed E-state index contributed by atoms with van der Waals surface area (Å²) in [6, 6.07) is 4.16. The number of benzene rings is 1. The summed E-state index contributed by atoms with van der Waals surface area (Å²) in [4.78, 5) is 42.6. The highest BCUT2D eigenvalue weighted by atomic mass is 35.5. The molecule has 1 atom stereocenters. The second-order valence-electron chi connectivity index (χ2n) is 7.84. The van der Waals surface area contributed by atoms with Gasteiger partial charge in [-0.3, -0.25) is 19.2 Å². The predicted molar refractivity (Wildman–Crippen MR) is 108 cm³/mol. The van der Waals surface area contributed by atoms with Crippen LogP contribution in [0.4, 0.5) is 0 Å². The number of amides is 2. The summed E-state index contributed by atoms with van der Waals surface area (Å²) in [6.45, 7) is 5.17. The van der Waals surface area contributed by atoms with Crippen LogP contribution in [0, 0.1) is 0 Å². The Hall–Kier alpha value is -2.89. The molecule has 1 aliphatic heterocycles. The van der Waals surface area contributed by atoms with Gasteiger partial charge in [0.2, 0.25) is 11.7 Å². The third kappa shape index (κ3) is 5.84. The van der Waals surface area contributed by atoms with Gasteiger partial charge >= 0.3 is 5.91 Å². The number of halogens is 1. The minimum Gasteiger partial charge on any atom is -0.368 e. The van der Waals surface area contributed by atoms with Gasteiger partial charge in [0.15, 0.2) is 0 Å². The molecule has 1 aliphatic rings. The molecule has 3 rings (SSSR count). The molecule has 1 N–H and O–H groups in total. The zero-order valence-electron chi connectivity index (χ0n) is 17.4. The van der Waals surface area contributed by atoms with Crippen molar-refractivity contribution in [1.82, 2.24) is 30.6 Å². The highest BCUT2D eigenvalue weighted by Gasteiger charge is 2.38. The van der Waals surface area contributed by atoms with Crippen molar-refractivity contribution in [1.29, 1.82) is 0 Å². The molecule has 0 aliphatic carbocycles. The number of tetrazole rings is 1. The summed E-state index contributed by atoms with van der Waals surface area (Å²) in [5.74, 6) is -2.16. The minimum absolute atomic E-state index is 0.105. The first-order chi connectivity index (χ1) is 14.7. The molecule has 31 heavy (non-hydrogen) atoms. The lowest BCUT2D eigenvalue weighted by molar-refractivity contribution is -0.183. The molecule has 2 heterocycles. The first kappa shape index (κ1) is 22.8. The van der Waals surface area contributed by atoms with Crippen molar-refractivity contribution >= 4 is 29.2 Å². The number of hydrogen-bond donors (Lipinski definition) is 1. The number of carbonyl (C=O) groups excluding carboxylic acids is 3. The van der Waals surface area contributed by atoms with Crippen molar-refractivity contribution in [3.63, 3.8) is 0 Å². The van der Waals surface area contributed by atoms with Crippen LogP contribution in [0.25, 0.3) is 5.69 Å². The Bertz CT molecular complexity index is 959. The molecular formula is C19H23ClN6O5. The second-order valence-corrected chi connectivity index (χ2v) is 8.27. The van der Waals surface area contributed by atoms with E-state index in [2.05, 4.69) is 20.8 Å². The van der Waals surface area contributed by atoms with Crippen LogP contribution >= 0.6 is 11.6 Å². The molecule has 0 radical (unpaired) electrons. The highest BCUT2D eigenvalue weighted by Crippen LogP contribution is 2.20. The number of carbonyl (C=O) groups is 3. The fraction of sp³-hybridized carbons (Fsp3) is 0.474. The molecule has 0 bridgehead atoms. The standard InChI is InChI=1S/C19H23ClN6O5/c1-19(2,3)30-10-16(27)18(29)26-15(6-7-31-26)17(28)21-9-12-8-13(20)4-5-14(12)25-11-22-23-24-25/h4-5,8,11,15H,6-7,9-10H2,1-3H3,(H,21,28)/t15-/m0/s1. The van der Waals surface area contributed by atoms with Crippen LogP contribution in [0.5, 0.6) is 0 Å². The number of ketones is 1. The van der Waals surface area contributed by atoms with Crippen LogP contribution in [-0.2, 0) is 30.5 Å². The van der Waals surface area contributed by atoms with E-state index in [0.29, 0.717) is 16.3 Å². The molecule has 0 unspecified atom stereocenters. The number of ether oxygens (including phenoxy) is 1. The average Bonchev–Trinajstić information content (AvgIpc) is 3.41. The molecule has 2 aromatic rings. The molecule has 1 aromatic carbocycles. The van der Waals surface area contributed by atoms with Crippen LogP contribution in [-0.4, -0.2) is 67.7 Å². The molecule has 166 valence electrons. The average molecular weight is 451 g/mol.